The summed E-state index contributed by atoms with van der Waals surface area (Å²) in [7, 11) is 0. The van der Waals surface area contributed by atoms with Crippen molar-refractivity contribution in [3.63, 3.8) is 0 Å². The maximum absolute atomic E-state index is 13.5. The number of amides is 1. The molecule has 0 fully saturated rings. The lowest BCUT2D eigenvalue weighted by molar-refractivity contribution is -0.105. The van der Waals surface area contributed by atoms with Gasteiger partial charge in [0.2, 0.25) is 6.41 Å². The van der Waals surface area contributed by atoms with E-state index in [2.05, 4.69) is 26.2 Å². The van der Waals surface area contributed by atoms with E-state index in [1.807, 2.05) is 0 Å². The highest BCUT2D eigenvalue weighted by Gasteiger charge is 2.11. The molecule has 2 N–H and O–H groups in total. The van der Waals surface area contributed by atoms with Gasteiger partial charge in [-0.15, -0.1) is 0 Å². The van der Waals surface area contributed by atoms with Crippen molar-refractivity contribution >= 4 is 38.9 Å². The summed E-state index contributed by atoms with van der Waals surface area (Å²) < 4.78 is 13.8. The van der Waals surface area contributed by atoms with Crippen molar-refractivity contribution in [1.82, 2.24) is 4.98 Å². The quantitative estimate of drug-likeness (QED) is 0.798. The number of carbonyl (C=O) groups excluding carboxylic acids is 1. The van der Waals surface area contributed by atoms with Crippen molar-refractivity contribution in [1.29, 1.82) is 0 Å². The number of aromatic nitrogens is 1. The average molecular weight is 257 g/mol. The van der Waals surface area contributed by atoms with Crippen molar-refractivity contribution in [3.8, 4) is 0 Å². The molecule has 0 saturated heterocycles. The number of rotatable bonds is 2. The zero-order valence-corrected chi connectivity index (χ0v) is 8.56. The number of hydrogen-bond acceptors (Lipinski definition) is 1. The fourth-order valence-electron chi connectivity index (χ4n) is 1.34. The molecule has 1 amide bonds. The van der Waals surface area contributed by atoms with Gasteiger partial charge in [0, 0.05) is 11.6 Å². The van der Waals surface area contributed by atoms with Gasteiger partial charge < -0.3 is 10.3 Å². The molecule has 0 saturated carbocycles. The number of fused-ring (bicyclic) bond motifs is 1. The second-order valence-electron chi connectivity index (χ2n) is 2.75. The minimum atomic E-state index is -0.480. The van der Waals surface area contributed by atoms with Crippen LogP contribution in [0.2, 0.25) is 0 Å². The fourth-order valence-corrected chi connectivity index (χ4v) is 1.79. The maximum Gasteiger partial charge on any atom is 0.211 e. The van der Waals surface area contributed by atoms with Gasteiger partial charge in [0.15, 0.2) is 5.82 Å². The van der Waals surface area contributed by atoms with Gasteiger partial charge in [-0.2, -0.15) is 0 Å². The molecule has 0 atom stereocenters. The molecule has 3 nitrogen and oxygen atoms in total. The third kappa shape index (κ3) is 1.29. The Morgan fingerprint density at radius 2 is 2.36 bits per heavy atom. The van der Waals surface area contributed by atoms with Crippen LogP contribution in [0.4, 0.5) is 10.1 Å². The van der Waals surface area contributed by atoms with Crippen molar-refractivity contribution in [2.75, 3.05) is 5.32 Å². The van der Waals surface area contributed by atoms with Gasteiger partial charge in [0.1, 0.15) is 5.69 Å². The molecule has 14 heavy (non-hydrogen) atoms. The van der Waals surface area contributed by atoms with Crippen LogP contribution < -0.4 is 5.32 Å². The van der Waals surface area contributed by atoms with E-state index in [4.69, 9.17) is 0 Å². The first-order valence-corrected chi connectivity index (χ1v) is 4.68. The van der Waals surface area contributed by atoms with E-state index in [1.54, 1.807) is 18.3 Å². The predicted molar refractivity (Wildman–Crippen MR) is 55.6 cm³/mol. The Morgan fingerprint density at radius 3 is 3.07 bits per heavy atom. The molecular weight excluding hydrogens is 251 g/mol. The Balaban J connectivity index is 2.79. The molecule has 0 aliphatic rings. The van der Waals surface area contributed by atoms with Crippen LogP contribution in [0.15, 0.2) is 22.8 Å². The molecule has 0 aliphatic carbocycles. The highest BCUT2D eigenvalue weighted by Crippen LogP contribution is 2.30. The van der Waals surface area contributed by atoms with Gasteiger partial charge in [-0.25, -0.2) is 4.39 Å². The third-order valence-corrected chi connectivity index (χ3v) is 2.52. The van der Waals surface area contributed by atoms with Crippen molar-refractivity contribution < 1.29 is 9.18 Å². The van der Waals surface area contributed by atoms with Crippen molar-refractivity contribution in [2.45, 2.75) is 0 Å². The smallest absolute Gasteiger partial charge is 0.211 e. The van der Waals surface area contributed by atoms with E-state index in [0.717, 1.165) is 5.39 Å². The van der Waals surface area contributed by atoms with Gasteiger partial charge in [-0.3, -0.25) is 4.79 Å². The minimum absolute atomic E-state index is 0.161. The highest BCUT2D eigenvalue weighted by atomic mass is 79.9. The molecule has 2 aromatic rings. The molecule has 0 bridgehead atoms. The Bertz CT molecular complexity index is 495. The molecule has 5 heteroatoms. The van der Waals surface area contributed by atoms with Gasteiger partial charge in [0.25, 0.3) is 0 Å². The first-order chi connectivity index (χ1) is 6.74. The summed E-state index contributed by atoms with van der Waals surface area (Å²) in [5.41, 5.74) is 0.743. The molecule has 0 radical (unpaired) electrons. The van der Waals surface area contributed by atoms with Crippen LogP contribution in [0.5, 0.6) is 0 Å². The van der Waals surface area contributed by atoms with E-state index in [1.165, 1.54) is 0 Å². The standard InChI is InChI=1S/C9H6BrFN2O/c10-6-3-5-1-2-12-8(5)9(7(6)11)13-4-14/h1-4,12H,(H,13,14). The minimum Gasteiger partial charge on any atom is -0.359 e. The van der Waals surface area contributed by atoms with E-state index in [0.29, 0.717) is 16.4 Å². The van der Waals surface area contributed by atoms with E-state index in [-0.39, 0.29) is 5.69 Å². The number of halogens is 2. The Kier molecular flexibility index (Phi) is 2.25. The van der Waals surface area contributed by atoms with Crippen LogP contribution in [-0.2, 0) is 4.79 Å². The zero-order chi connectivity index (χ0) is 10.1. The lowest BCUT2D eigenvalue weighted by Gasteiger charge is -2.04. The summed E-state index contributed by atoms with van der Waals surface area (Å²) >= 11 is 3.08. The van der Waals surface area contributed by atoms with Crippen molar-refractivity contribution in [2.24, 2.45) is 0 Å². The first kappa shape index (κ1) is 9.21. The zero-order valence-electron chi connectivity index (χ0n) is 6.97. The summed E-state index contributed by atoms with van der Waals surface area (Å²) in [6.45, 7) is 0. The Labute approximate surface area is 87.4 Å². The van der Waals surface area contributed by atoms with Gasteiger partial charge in [-0.1, -0.05) is 0 Å². The molecule has 1 aromatic heterocycles. The molecule has 0 unspecified atom stereocenters. The van der Waals surface area contributed by atoms with Crippen LogP contribution in [0.3, 0.4) is 0 Å². The number of benzene rings is 1. The summed E-state index contributed by atoms with van der Waals surface area (Å²) in [6.07, 6.45) is 2.14. The number of carbonyl (C=O) groups is 1. The number of nitrogens with one attached hydrogen (secondary N) is 2. The summed E-state index contributed by atoms with van der Waals surface area (Å²) in [5, 5.41) is 3.16. The predicted octanol–water partition coefficient (Wildman–Crippen LogP) is 2.64. The molecule has 1 aromatic carbocycles. The van der Waals surface area contributed by atoms with Crippen LogP contribution in [-0.4, -0.2) is 11.4 Å². The van der Waals surface area contributed by atoms with Gasteiger partial charge in [0.05, 0.1) is 9.99 Å². The third-order valence-electron chi connectivity index (χ3n) is 1.94. The van der Waals surface area contributed by atoms with Gasteiger partial charge in [-0.05, 0) is 28.1 Å². The summed E-state index contributed by atoms with van der Waals surface area (Å²) in [4.78, 5) is 13.2. The van der Waals surface area contributed by atoms with E-state index < -0.39 is 5.82 Å². The second-order valence-corrected chi connectivity index (χ2v) is 3.61. The molecule has 0 aliphatic heterocycles. The molecule has 72 valence electrons. The van der Waals surface area contributed by atoms with E-state index in [9.17, 15) is 9.18 Å². The molecule has 2 rings (SSSR count). The lowest BCUT2D eigenvalue weighted by atomic mass is 10.2. The Hall–Kier alpha value is -1.36. The lowest BCUT2D eigenvalue weighted by Crippen LogP contribution is -1.98. The van der Waals surface area contributed by atoms with Gasteiger partial charge >= 0.3 is 0 Å². The summed E-state index contributed by atoms with van der Waals surface area (Å²) in [5.74, 6) is -0.480. The average Bonchev–Trinajstić information content (AvgIpc) is 2.60. The van der Waals surface area contributed by atoms with E-state index >= 15 is 0 Å². The topological polar surface area (TPSA) is 44.9 Å². The number of aromatic amines is 1. The molecular formula is C9H6BrFN2O. The largest absolute Gasteiger partial charge is 0.359 e. The summed E-state index contributed by atoms with van der Waals surface area (Å²) in [6, 6.07) is 3.45. The normalized spacial score (nSPS) is 10.4. The second kappa shape index (κ2) is 3.42. The number of hydrogen-bond donors (Lipinski definition) is 2. The van der Waals surface area contributed by atoms with Crippen LogP contribution in [0.25, 0.3) is 10.9 Å². The monoisotopic (exact) mass is 256 g/mol. The molecule has 0 spiro atoms. The SMILES string of the molecule is O=CNc1c(F)c(Br)cc2cc[nH]c12. The Morgan fingerprint density at radius 1 is 1.57 bits per heavy atom. The number of anilines is 1. The fraction of sp³-hybridized carbons (Fsp3) is 0. The van der Waals surface area contributed by atoms with Crippen LogP contribution in [0, 0.1) is 5.82 Å². The maximum atomic E-state index is 13.5. The van der Waals surface area contributed by atoms with Crippen LogP contribution >= 0.6 is 15.9 Å². The van der Waals surface area contributed by atoms with Crippen LogP contribution in [0.1, 0.15) is 0 Å². The van der Waals surface area contributed by atoms with Crippen molar-refractivity contribution in [3.05, 3.63) is 28.6 Å². The number of H-pyrrole nitrogens is 1. The highest BCUT2D eigenvalue weighted by molar-refractivity contribution is 9.10. The molecule has 1 heterocycles. The first-order valence-electron chi connectivity index (χ1n) is 3.89.